The quantitative estimate of drug-likeness (QED) is 0.0849. The first-order valence-electron chi connectivity index (χ1n) is 25.4. The molecule has 332 valence electrons. The van der Waals surface area contributed by atoms with Gasteiger partial charge in [-0.1, -0.05) is 192 Å². The van der Waals surface area contributed by atoms with E-state index in [9.17, 15) is 0 Å². The zero-order chi connectivity index (χ0) is 41.5. The summed E-state index contributed by atoms with van der Waals surface area (Å²) in [6.45, 7) is 4.16. The maximum absolute atomic E-state index is 16.3. The van der Waals surface area contributed by atoms with Gasteiger partial charge in [0.25, 0.3) is 0 Å². The van der Waals surface area contributed by atoms with Crippen LogP contribution in [0.2, 0.25) is 0 Å². The predicted molar refractivity (Wildman–Crippen MR) is 238 cm³/mol. The van der Waals surface area contributed by atoms with E-state index in [-0.39, 0.29) is 35.2 Å². The molecule has 0 aromatic heterocycles. The molecule has 4 aliphatic carbocycles. The van der Waals surface area contributed by atoms with Gasteiger partial charge >= 0.3 is 0 Å². The minimum atomic E-state index is -0.841. The van der Waals surface area contributed by atoms with Gasteiger partial charge in [0.1, 0.15) is 0 Å². The number of benzene rings is 2. The third kappa shape index (κ3) is 11.8. The summed E-state index contributed by atoms with van der Waals surface area (Å²) in [5.41, 5.74) is 0.794. The standard InChI is InChI=1S/C54H82F4O/c1-3-5-7-9-11-15-21-41-23-29-45(30-24-41)53(35-17-13-18-36-53)47-33-27-43(49(55)51(47)57)39-59-40-44-28-34-48(52(58)50(44)56)54(37-19-14-20-38-54)46-31-25-42(26-32-46)22-16-12-10-8-6-4-2/h27-28,33-34,41-42,45-46H,3-26,29-32,35-40H2,1-2H3/t41-,42-,45-,46-. The highest BCUT2D eigenvalue weighted by Crippen LogP contribution is 2.54. The molecular formula is C54H82F4O. The topological polar surface area (TPSA) is 9.23 Å². The fraction of sp³-hybridized carbons (Fsp3) is 0.778. The van der Waals surface area contributed by atoms with Crippen LogP contribution in [-0.4, -0.2) is 0 Å². The van der Waals surface area contributed by atoms with Gasteiger partial charge in [-0.15, -0.1) is 0 Å². The molecule has 6 rings (SSSR count). The molecule has 0 atom stereocenters. The summed E-state index contributed by atoms with van der Waals surface area (Å²) in [6.07, 6.45) is 38.1. The van der Waals surface area contributed by atoms with Crippen molar-refractivity contribution in [1.82, 2.24) is 0 Å². The monoisotopic (exact) mass is 823 g/mol. The van der Waals surface area contributed by atoms with Crippen LogP contribution in [-0.2, 0) is 28.8 Å². The number of hydrogen-bond acceptors (Lipinski definition) is 1. The van der Waals surface area contributed by atoms with E-state index in [1.54, 1.807) is 12.1 Å². The molecule has 0 N–H and O–H groups in total. The van der Waals surface area contributed by atoms with Crippen LogP contribution >= 0.6 is 0 Å². The van der Waals surface area contributed by atoms with Crippen LogP contribution in [0.1, 0.15) is 242 Å². The van der Waals surface area contributed by atoms with Gasteiger partial charge in [0.2, 0.25) is 0 Å². The summed E-state index contributed by atoms with van der Waals surface area (Å²) in [4.78, 5) is 0. The van der Waals surface area contributed by atoms with Crippen LogP contribution < -0.4 is 0 Å². The summed E-state index contributed by atoms with van der Waals surface area (Å²) < 4.78 is 70.4. The second-order valence-electron chi connectivity index (χ2n) is 20.3. The Kier molecular flexibility index (Phi) is 18.6. The van der Waals surface area contributed by atoms with Gasteiger partial charge in [0, 0.05) is 22.0 Å². The highest BCUT2D eigenvalue weighted by atomic mass is 19.2. The first kappa shape index (κ1) is 46.6. The molecule has 4 fully saturated rings. The summed E-state index contributed by atoms with van der Waals surface area (Å²) in [5.74, 6) is -0.815. The highest BCUT2D eigenvalue weighted by molar-refractivity contribution is 5.35. The van der Waals surface area contributed by atoms with Crippen molar-refractivity contribution in [2.45, 2.75) is 243 Å². The van der Waals surface area contributed by atoms with Crippen molar-refractivity contribution in [2.75, 3.05) is 0 Å². The van der Waals surface area contributed by atoms with Crippen LogP contribution in [0.15, 0.2) is 24.3 Å². The minimum Gasteiger partial charge on any atom is -0.372 e. The van der Waals surface area contributed by atoms with E-state index in [1.807, 2.05) is 12.1 Å². The smallest absolute Gasteiger partial charge is 0.164 e. The largest absolute Gasteiger partial charge is 0.372 e. The lowest BCUT2D eigenvalue weighted by Crippen LogP contribution is -2.40. The summed E-state index contributed by atoms with van der Waals surface area (Å²) in [5, 5.41) is 0. The average Bonchev–Trinajstić information content (AvgIpc) is 3.27. The van der Waals surface area contributed by atoms with E-state index < -0.39 is 23.3 Å². The normalized spacial score (nSPS) is 24.6. The van der Waals surface area contributed by atoms with Gasteiger partial charge in [-0.05, 0) is 86.2 Å². The fourth-order valence-corrected chi connectivity index (χ4v) is 13.0. The van der Waals surface area contributed by atoms with E-state index in [2.05, 4.69) is 13.8 Å². The first-order chi connectivity index (χ1) is 28.8. The van der Waals surface area contributed by atoms with Gasteiger partial charge in [0.15, 0.2) is 23.3 Å². The van der Waals surface area contributed by atoms with Crippen molar-refractivity contribution in [2.24, 2.45) is 23.7 Å². The zero-order valence-corrected chi connectivity index (χ0v) is 37.6. The van der Waals surface area contributed by atoms with E-state index >= 15 is 17.6 Å². The lowest BCUT2D eigenvalue weighted by Gasteiger charge is -2.47. The van der Waals surface area contributed by atoms with Crippen molar-refractivity contribution < 1.29 is 22.3 Å². The molecule has 5 heteroatoms. The average molecular weight is 823 g/mol. The fourth-order valence-electron chi connectivity index (χ4n) is 13.0. The van der Waals surface area contributed by atoms with Crippen molar-refractivity contribution in [3.8, 4) is 0 Å². The van der Waals surface area contributed by atoms with Gasteiger partial charge in [-0.2, -0.15) is 0 Å². The van der Waals surface area contributed by atoms with Crippen LogP contribution in [0, 0.1) is 46.9 Å². The number of ether oxygens (including phenoxy) is 1. The Balaban J connectivity index is 1.05. The van der Waals surface area contributed by atoms with Crippen molar-refractivity contribution in [3.63, 3.8) is 0 Å². The van der Waals surface area contributed by atoms with Gasteiger partial charge in [-0.3, -0.25) is 0 Å². The van der Waals surface area contributed by atoms with Gasteiger partial charge < -0.3 is 4.74 Å². The Labute approximate surface area is 358 Å². The minimum absolute atomic E-state index is 0.144. The maximum Gasteiger partial charge on any atom is 0.164 e. The summed E-state index contributed by atoms with van der Waals surface area (Å²) in [7, 11) is 0. The lowest BCUT2D eigenvalue weighted by molar-refractivity contribution is 0.0995. The van der Waals surface area contributed by atoms with Crippen LogP contribution in [0.3, 0.4) is 0 Å². The third-order valence-electron chi connectivity index (χ3n) is 16.6. The second-order valence-corrected chi connectivity index (χ2v) is 20.3. The second kappa shape index (κ2) is 23.5. The van der Waals surface area contributed by atoms with E-state index in [4.69, 9.17) is 4.74 Å². The molecule has 0 aliphatic heterocycles. The lowest BCUT2D eigenvalue weighted by atomic mass is 9.57. The Morgan fingerprint density at radius 2 is 0.797 bits per heavy atom. The van der Waals surface area contributed by atoms with Crippen LogP contribution in [0.25, 0.3) is 0 Å². The molecule has 0 radical (unpaired) electrons. The Hall–Kier alpha value is -1.88. The summed E-state index contributed by atoms with van der Waals surface area (Å²) >= 11 is 0. The van der Waals surface area contributed by atoms with Gasteiger partial charge in [0.05, 0.1) is 13.2 Å². The zero-order valence-electron chi connectivity index (χ0n) is 37.6. The van der Waals surface area contributed by atoms with Crippen molar-refractivity contribution >= 4 is 0 Å². The third-order valence-corrected chi connectivity index (χ3v) is 16.6. The molecule has 0 spiro atoms. The predicted octanol–water partition coefficient (Wildman–Crippen LogP) is 17.5. The maximum atomic E-state index is 16.3. The Morgan fingerprint density at radius 1 is 0.441 bits per heavy atom. The van der Waals surface area contributed by atoms with Crippen molar-refractivity contribution in [1.29, 1.82) is 0 Å². The molecule has 2 aromatic carbocycles. The van der Waals surface area contributed by atoms with Gasteiger partial charge in [-0.25, -0.2) is 17.6 Å². The molecular weight excluding hydrogens is 741 g/mol. The van der Waals surface area contributed by atoms with E-state index in [1.165, 1.54) is 116 Å². The molecule has 1 nitrogen and oxygen atoms in total. The molecule has 2 aromatic rings. The van der Waals surface area contributed by atoms with Crippen LogP contribution in [0.5, 0.6) is 0 Å². The molecule has 4 aliphatic rings. The molecule has 0 saturated heterocycles. The van der Waals surface area contributed by atoms with E-state index in [0.717, 1.165) is 102 Å². The van der Waals surface area contributed by atoms with E-state index in [0.29, 0.717) is 23.0 Å². The molecule has 4 saturated carbocycles. The first-order valence-corrected chi connectivity index (χ1v) is 25.4. The van der Waals surface area contributed by atoms with Crippen LogP contribution in [0.4, 0.5) is 17.6 Å². The SMILES string of the molecule is CCCCCCCC[C@H]1CC[C@H](C2(c3ccc(COCc4ccc(C5([C@H]6CC[C@H](CCCCCCCC)CC6)CCCCC5)c(F)c4F)c(F)c3F)CCCCC2)CC1. The highest BCUT2D eigenvalue weighted by Gasteiger charge is 2.46. The molecule has 0 bridgehead atoms. The number of halogens is 4. The Morgan fingerprint density at radius 3 is 1.17 bits per heavy atom. The number of hydrogen-bond donors (Lipinski definition) is 0. The summed E-state index contributed by atoms with van der Waals surface area (Å²) in [6, 6.07) is 7.07. The number of rotatable bonds is 22. The number of unbranched alkanes of at least 4 members (excludes halogenated alkanes) is 10. The van der Waals surface area contributed by atoms with Crippen molar-refractivity contribution in [3.05, 3.63) is 69.8 Å². The molecule has 0 unspecified atom stereocenters. The molecule has 59 heavy (non-hydrogen) atoms. The molecule has 0 heterocycles. The Bertz CT molecular complexity index is 1410. The molecule has 0 amide bonds.